The molecular formula is C30H34BFNO2. The largest absolute Gasteiger partial charge is 0.450 e. The van der Waals surface area contributed by atoms with Crippen molar-refractivity contribution in [3.63, 3.8) is 0 Å². The van der Waals surface area contributed by atoms with Crippen LogP contribution in [0.1, 0.15) is 72.3 Å². The Bertz CT molecular complexity index is 1150. The third-order valence-electron chi connectivity index (χ3n) is 7.23. The van der Waals surface area contributed by atoms with E-state index in [0.717, 1.165) is 92.3 Å². The highest BCUT2D eigenvalue weighted by molar-refractivity contribution is 6.45. The third kappa shape index (κ3) is 6.47. The molecule has 0 bridgehead atoms. The van der Waals surface area contributed by atoms with Crippen LogP contribution >= 0.6 is 0 Å². The summed E-state index contributed by atoms with van der Waals surface area (Å²) >= 11 is 0. The Morgan fingerprint density at radius 1 is 0.943 bits per heavy atom. The van der Waals surface area contributed by atoms with Gasteiger partial charge in [-0.05, 0) is 73.0 Å². The van der Waals surface area contributed by atoms with Crippen molar-refractivity contribution in [1.29, 1.82) is 0 Å². The average Bonchev–Trinajstić information content (AvgIpc) is 3.02. The van der Waals surface area contributed by atoms with Crippen molar-refractivity contribution in [2.45, 2.75) is 57.4 Å². The van der Waals surface area contributed by atoms with Crippen molar-refractivity contribution in [2.24, 2.45) is 5.92 Å². The van der Waals surface area contributed by atoms with Gasteiger partial charge in [0.25, 0.3) is 0 Å². The number of halogens is 1. The van der Waals surface area contributed by atoms with Gasteiger partial charge in [0.2, 0.25) is 0 Å². The molecule has 1 radical (unpaired) electrons. The van der Waals surface area contributed by atoms with Crippen LogP contribution in [-0.2, 0) is 6.54 Å². The van der Waals surface area contributed by atoms with E-state index >= 15 is 0 Å². The van der Waals surface area contributed by atoms with Gasteiger partial charge in [-0.15, -0.1) is 0 Å². The molecule has 0 saturated heterocycles. The molecule has 1 aliphatic carbocycles. The molecule has 0 aliphatic heterocycles. The minimum absolute atomic E-state index is 0.00146. The van der Waals surface area contributed by atoms with E-state index in [1.807, 2.05) is 67.7 Å². The summed E-state index contributed by atoms with van der Waals surface area (Å²) in [6.07, 6.45) is 6.51. The van der Waals surface area contributed by atoms with Gasteiger partial charge in [0, 0.05) is 18.0 Å². The first-order valence-electron chi connectivity index (χ1n) is 12.7. The lowest BCUT2D eigenvalue weighted by Crippen LogP contribution is -2.15. The fourth-order valence-electron chi connectivity index (χ4n) is 5.36. The van der Waals surface area contributed by atoms with Crippen LogP contribution in [0.5, 0.6) is 0 Å². The second-order valence-corrected chi connectivity index (χ2v) is 9.70. The topological polar surface area (TPSA) is 49.3 Å². The number of hydrogen-bond donors (Lipinski definition) is 2. The van der Waals surface area contributed by atoms with Crippen LogP contribution in [0.2, 0.25) is 0 Å². The van der Waals surface area contributed by atoms with Crippen LogP contribution in [-0.4, -0.2) is 25.3 Å². The lowest BCUT2D eigenvalue weighted by atomic mass is 9.85. The summed E-state index contributed by atoms with van der Waals surface area (Å²) < 4.78 is 14.7. The highest BCUT2D eigenvalue weighted by Crippen LogP contribution is 2.35. The molecule has 2 N–H and O–H groups in total. The quantitative estimate of drug-likeness (QED) is 0.340. The zero-order valence-corrected chi connectivity index (χ0v) is 20.5. The number of hydrogen-bond acceptors (Lipinski definition) is 3. The molecule has 35 heavy (non-hydrogen) atoms. The number of Topliss-reactive ketones (excluding diaryl/α,β-unsaturated/α-hetero) is 1. The van der Waals surface area contributed by atoms with E-state index in [0.29, 0.717) is 0 Å². The Labute approximate surface area is 209 Å². The number of carbonyl (C=O) groups excluding carboxylic acids is 1. The first kappa shape index (κ1) is 25.3. The molecular weight excluding hydrogens is 436 g/mol. The zero-order valence-electron chi connectivity index (χ0n) is 20.5. The summed E-state index contributed by atoms with van der Waals surface area (Å²) in [5, 5.41) is 12.5. The summed E-state index contributed by atoms with van der Waals surface area (Å²) in [6, 6.07) is 20.9. The van der Waals surface area contributed by atoms with Gasteiger partial charge in [0.1, 0.15) is 5.82 Å². The van der Waals surface area contributed by atoms with Gasteiger partial charge < -0.3 is 10.3 Å². The predicted octanol–water partition coefficient (Wildman–Crippen LogP) is 5.78. The van der Waals surface area contributed by atoms with Gasteiger partial charge in [-0.25, -0.2) is 4.39 Å². The molecule has 181 valence electrons. The van der Waals surface area contributed by atoms with E-state index in [-0.39, 0.29) is 23.4 Å². The van der Waals surface area contributed by atoms with Crippen LogP contribution in [0.3, 0.4) is 0 Å². The molecule has 0 aromatic heterocycles. The first-order valence-corrected chi connectivity index (χ1v) is 12.7. The van der Waals surface area contributed by atoms with Crippen molar-refractivity contribution >= 4 is 18.7 Å². The molecule has 1 aliphatic rings. The molecule has 2 unspecified atom stereocenters. The molecule has 4 rings (SSSR count). The fourth-order valence-corrected chi connectivity index (χ4v) is 5.36. The lowest BCUT2D eigenvalue weighted by Gasteiger charge is -2.18. The summed E-state index contributed by atoms with van der Waals surface area (Å²) in [5.74, 6) is 0.306. The van der Waals surface area contributed by atoms with Crippen molar-refractivity contribution in [2.75, 3.05) is 7.05 Å². The van der Waals surface area contributed by atoms with Gasteiger partial charge in [0.15, 0.2) is 5.78 Å². The number of carbonyl (C=O) groups is 1. The molecule has 3 aromatic rings. The minimum Gasteiger partial charge on any atom is -0.450 e. The molecule has 0 amide bonds. The number of nitrogens with one attached hydrogen (secondary N) is 1. The number of rotatable bonds is 7. The Balaban J connectivity index is 1.46. The van der Waals surface area contributed by atoms with Crippen LogP contribution in [0.15, 0.2) is 66.7 Å². The number of ketones is 1. The van der Waals surface area contributed by atoms with Crippen molar-refractivity contribution in [3.05, 3.63) is 89.2 Å². The van der Waals surface area contributed by atoms with Crippen LogP contribution in [0.4, 0.5) is 4.39 Å². The highest BCUT2D eigenvalue weighted by Gasteiger charge is 2.24. The predicted molar refractivity (Wildman–Crippen MR) is 142 cm³/mol. The minimum atomic E-state index is -0.110. The van der Waals surface area contributed by atoms with E-state index in [9.17, 15) is 14.2 Å². The van der Waals surface area contributed by atoms with Crippen LogP contribution in [0, 0.1) is 11.7 Å². The van der Waals surface area contributed by atoms with Crippen molar-refractivity contribution < 1.29 is 14.2 Å². The summed E-state index contributed by atoms with van der Waals surface area (Å²) in [4.78, 5) is 13.5. The second kappa shape index (κ2) is 12.3. The van der Waals surface area contributed by atoms with E-state index in [1.54, 1.807) is 6.07 Å². The van der Waals surface area contributed by atoms with Gasteiger partial charge in [-0.3, -0.25) is 4.79 Å². The van der Waals surface area contributed by atoms with E-state index in [2.05, 4.69) is 5.32 Å². The Morgan fingerprint density at radius 3 is 2.46 bits per heavy atom. The standard InChI is InChI=1S/C30H34BFNO2/c1-33-20-21-15-16-29(32)28(17-21)22-7-2-3-8-23(10-4-9-22)30(34)26-13-5-11-24(18-26)25-12-6-14-27(19-25)31-35/h5-6,11-19,22-23,33,35H,2-4,7-10,20H2,1H3. The molecule has 3 aromatic carbocycles. The molecule has 5 heteroatoms. The van der Waals surface area contributed by atoms with E-state index < -0.39 is 0 Å². The van der Waals surface area contributed by atoms with Gasteiger partial charge >= 0.3 is 7.48 Å². The average molecular weight is 470 g/mol. The maximum Gasteiger partial charge on any atom is 0.326 e. The molecule has 1 fully saturated rings. The zero-order chi connectivity index (χ0) is 24.6. The number of benzene rings is 3. The lowest BCUT2D eigenvalue weighted by molar-refractivity contribution is 0.0903. The molecule has 1 saturated carbocycles. The maximum absolute atomic E-state index is 14.7. The van der Waals surface area contributed by atoms with Crippen molar-refractivity contribution in [3.8, 4) is 11.1 Å². The molecule has 2 atom stereocenters. The SMILES string of the molecule is CNCc1ccc(F)c(C2CCCCC(C(=O)c3cccc(-c4cccc([B]O)c4)c3)CCC2)c1. The Hall–Kier alpha value is -2.76. The molecule has 0 spiro atoms. The van der Waals surface area contributed by atoms with Gasteiger partial charge in [-0.1, -0.05) is 79.3 Å². The van der Waals surface area contributed by atoms with E-state index in [1.165, 1.54) is 0 Å². The fraction of sp³-hybridized carbons (Fsp3) is 0.367. The monoisotopic (exact) mass is 470 g/mol. The maximum atomic E-state index is 14.7. The van der Waals surface area contributed by atoms with Gasteiger partial charge in [0.05, 0.1) is 0 Å². The second-order valence-electron chi connectivity index (χ2n) is 9.70. The van der Waals surface area contributed by atoms with Gasteiger partial charge in [-0.2, -0.15) is 0 Å². The normalized spacial score (nSPS) is 18.8. The smallest absolute Gasteiger partial charge is 0.326 e. The summed E-state index contributed by atoms with van der Waals surface area (Å²) in [6.45, 7) is 0.734. The molecule has 3 nitrogen and oxygen atoms in total. The summed E-state index contributed by atoms with van der Waals surface area (Å²) in [5.41, 5.74) is 5.36. The third-order valence-corrected chi connectivity index (χ3v) is 7.23. The Morgan fingerprint density at radius 2 is 1.66 bits per heavy atom. The summed E-state index contributed by atoms with van der Waals surface area (Å²) in [7, 11) is 2.99. The highest BCUT2D eigenvalue weighted by atomic mass is 19.1. The van der Waals surface area contributed by atoms with Crippen LogP contribution in [0.25, 0.3) is 11.1 Å². The Kier molecular flexibility index (Phi) is 8.89. The molecule has 0 heterocycles. The van der Waals surface area contributed by atoms with E-state index in [4.69, 9.17) is 0 Å². The first-order chi connectivity index (χ1) is 17.1. The van der Waals surface area contributed by atoms with Crippen LogP contribution < -0.4 is 10.8 Å². The van der Waals surface area contributed by atoms with Crippen molar-refractivity contribution in [1.82, 2.24) is 5.32 Å².